The highest BCUT2D eigenvalue weighted by Gasteiger charge is 2.20. The summed E-state index contributed by atoms with van der Waals surface area (Å²) in [6.45, 7) is 4.59. The van der Waals surface area contributed by atoms with Gasteiger partial charge in [0.25, 0.3) is 0 Å². The van der Waals surface area contributed by atoms with E-state index in [0.717, 1.165) is 6.42 Å². The quantitative estimate of drug-likeness (QED) is 0.536. The second-order valence-electron chi connectivity index (χ2n) is 6.67. The second-order valence-corrected chi connectivity index (χ2v) is 6.67. The Kier molecular flexibility index (Phi) is 5.33. The Bertz CT molecular complexity index is 691. The summed E-state index contributed by atoms with van der Waals surface area (Å²) in [5.74, 6) is 0. The maximum Gasteiger partial charge on any atom is -0.00549 e. The van der Waals surface area contributed by atoms with Crippen LogP contribution in [0.25, 0.3) is 16.7 Å². The van der Waals surface area contributed by atoms with Gasteiger partial charge < -0.3 is 0 Å². The molecule has 0 atom stereocenters. The summed E-state index contributed by atoms with van der Waals surface area (Å²) >= 11 is 0. The fourth-order valence-corrected chi connectivity index (χ4v) is 3.74. The van der Waals surface area contributed by atoms with Crippen LogP contribution in [-0.4, -0.2) is 0 Å². The standard InChI is InChI=1S/C23H28/c1-3-5-11-18-17-19-12-7-8-14-21(19)23-16-10-9-15-22(23)20(18)13-6-4-2/h7-10,12,14-16H,3-6,11,13,17H2,1-2H3. The molecule has 120 valence electrons. The molecule has 23 heavy (non-hydrogen) atoms. The third kappa shape index (κ3) is 3.42. The maximum absolute atomic E-state index is 2.34. The van der Waals surface area contributed by atoms with Gasteiger partial charge in [0.05, 0.1) is 0 Å². The lowest BCUT2D eigenvalue weighted by Gasteiger charge is -2.15. The molecule has 0 aliphatic heterocycles. The minimum atomic E-state index is 1.13. The first-order chi connectivity index (χ1) is 11.3. The Morgan fingerprint density at radius 1 is 0.696 bits per heavy atom. The minimum Gasteiger partial charge on any atom is -0.0654 e. The molecule has 0 unspecified atom stereocenters. The topological polar surface area (TPSA) is 0 Å². The van der Waals surface area contributed by atoms with Crippen molar-refractivity contribution in [3.8, 4) is 11.1 Å². The lowest BCUT2D eigenvalue weighted by Crippen LogP contribution is -1.96. The van der Waals surface area contributed by atoms with Gasteiger partial charge in [-0.15, -0.1) is 0 Å². The number of unbranched alkanes of at least 4 members (excludes halogenated alkanes) is 2. The molecular weight excluding hydrogens is 276 g/mol. The van der Waals surface area contributed by atoms with Crippen LogP contribution in [0.1, 0.15) is 63.5 Å². The molecule has 0 heteroatoms. The van der Waals surface area contributed by atoms with Crippen molar-refractivity contribution >= 4 is 5.57 Å². The maximum atomic E-state index is 2.34. The van der Waals surface area contributed by atoms with Crippen LogP contribution in [0, 0.1) is 0 Å². The largest absolute Gasteiger partial charge is 0.0654 e. The molecule has 0 fully saturated rings. The number of allylic oxidation sites excluding steroid dienone is 2. The Morgan fingerprint density at radius 2 is 1.30 bits per heavy atom. The van der Waals surface area contributed by atoms with Crippen LogP contribution in [-0.2, 0) is 6.42 Å². The van der Waals surface area contributed by atoms with E-state index in [-0.39, 0.29) is 0 Å². The first-order valence-electron chi connectivity index (χ1n) is 9.23. The number of rotatable bonds is 6. The molecule has 3 rings (SSSR count). The van der Waals surface area contributed by atoms with Gasteiger partial charge in [-0.3, -0.25) is 0 Å². The fourth-order valence-electron chi connectivity index (χ4n) is 3.74. The molecule has 0 N–H and O–H groups in total. The van der Waals surface area contributed by atoms with Crippen molar-refractivity contribution in [1.82, 2.24) is 0 Å². The molecular formula is C23H28. The van der Waals surface area contributed by atoms with Crippen LogP contribution in [0.15, 0.2) is 54.1 Å². The molecule has 2 aromatic carbocycles. The van der Waals surface area contributed by atoms with Crippen molar-refractivity contribution in [2.75, 3.05) is 0 Å². The molecule has 0 saturated carbocycles. The summed E-state index contributed by atoms with van der Waals surface area (Å²) in [5.41, 5.74) is 9.16. The van der Waals surface area contributed by atoms with Gasteiger partial charge in [-0.05, 0) is 59.9 Å². The highest BCUT2D eigenvalue weighted by atomic mass is 14.2. The zero-order chi connectivity index (χ0) is 16.1. The number of hydrogen-bond donors (Lipinski definition) is 0. The van der Waals surface area contributed by atoms with E-state index in [4.69, 9.17) is 0 Å². The third-order valence-corrected chi connectivity index (χ3v) is 5.00. The Morgan fingerprint density at radius 3 is 2.04 bits per heavy atom. The monoisotopic (exact) mass is 304 g/mol. The van der Waals surface area contributed by atoms with E-state index in [1.807, 2.05) is 0 Å². The average Bonchev–Trinajstić information content (AvgIpc) is 2.73. The van der Waals surface area contributed by atoms with Gasteiger partial charge in [0, 0.05) is 0 Å². The van der Waals surface area contributed by atoms with Crippen molar-refractivity contribution in [3.05, 3.63) is 65.2 Å². The predicted molar refractivity (Wildman–Crippen MR) is 102 cm³/mol. The molecule has 0 amide bonds. The Labute approximate surface area is 141 Å². The molecule has 0 aromatic heterocycles. The molecule has 0 radical (unpaired) electrons. The molecule has 0 saturated heterocycles. The van der Waals surface area contributed by atoms with Crippen LogP contribution >= 0.6 is 0 Å². The van der Waals surface area contributed by atoms with E-state index in [1.54, 1.807) is 11.1 Å². The first-order valence-corrected chi connectivity index (χ1v) is 9.23. The van der Waals surface area contributed by atoms with Gasteiger partial charge in [-0.25, -0.2) is 0 Å². The highest BCUT2D eigenvalue weighted by molar-refractivity contribution is 5.86. The normalized spacial score (nSPS) is 13.5. The summed E-state index contributed by atoms with van der Waals surface area (Å²) in [7, 11) is 0. The summed E-state index contributed by atoms with van der Waals surface area (Å²) in [5, 5.41) is 0. The van der Waals surface area contributed by atoms with Crippen molar-refractivity contribution in [2.45, 2.75) is 58.8 Å². The van der Waals surface area contributed by atoms with E-state index in [9.17, 15) is 0 Å². The van der Waals surface area contributed by atoms with E-state index in [0.29, 0.717) is 0 Å². The summed E-state index contributed by atoms with van der Waals surface area (Å²) in [6.07, 6.45) is 8.72. The molecule has 0 heterocycles. The van der Waals surface area contributed by atoms with Gasteiger partial charge in [-0.2, -0.15) is 0 Å². The van der Waals surface area contributed by atoms with Crippen LogP contribution < -0.4 is 0 Å². The van der Waals surface area contributed by atoms with Crippen LogP contribution in [0.3, 0.4) is 0 Å². The van der Waals surface area contributed by atoms with Gasteiger partial charge in [0.15, 0.2) is 0 Å². The summed E-state index contributed by atoms with van der Waals surface area (Å²) in [4.78, 5) is 0. The fraction of sp³-hybridized carbons (Fsp3) is 0.391. The van der Waals surface area contributed by atoms with Crippen LogP contribution in [0.5, 0.6) is 0 Å². The average molecular weight is 304 g/mol. The third-order valence-electron chi connectivity index (χ3n) is 5.00. The zero-order valence-corrected chi connectivity index (χ0v) is 14.6. The van der Waals surface area contributed by atoms with Crippen molar-refractivity contribution in [3.63, 3.8) is 0 Å². The SMILES string of the molecule is CCCCC1=C(CCCC)c2ccccc2-c2ccccc2C1. The van der Waals surface area contributed by atoms with Crippen molar-refractivity contribution in [2.24, 2.45) is 0 Å². The van der Waals surface area contributed by atoms with E-state index >= 15 is 0 Å². The number of benzene rings is 2. The lowest BCUT2D eigenvalue weighted by molar-refractivity contribution is 0.762. The van der Waals surface area contributed by atoms with Gasteiger partial charge in [-0.1, -0.05) is 80.8 Å². The molecule has 0 bridgehead atoms. The lowest BCUT2D eigenvalue weighted by atomic mass is 9.90. The van der Waals surface area contributed by atoms with Crippen molar-refractivity contribution in [1.29, 1.82) is 0 Å². The Balaban J connectivity index is 2.15. The smallest absolute Gasteiger partial charge is 0.00549 e. The summed E-state index contributed by atoms with van der Waals surface area (Å²) in [6, 6.07) is 18.0. The highest BCUT2D eigenvalue weighted by Crippen LogP contribution is 2.40. The van der Waals surface area contributed by atoms with Gasteiger partial charge in [0.2, 0.25) is 0 Å². The van der Waals surface area contributed by atoms with Crippen LogP contribution in [0.4, 0.5) is 0 Å². The molecule has 0 nitrogen and oxygen atoms in total. The second kappa shape index (κ2) is 7.64. The van der Waals surface area contributed by atoms with Crippen molar-refractivity contribution < 1.29 is 0 Å². The minimum absolute atomic E-state index is 1.13. The van der Waals surface area contributed by atoms with E-state index < -0.39 is 0 Å². The van der Waals surface area contributed by atoms with E-state index in [1.165, 1.54) is 60.8 Å². The number of fused-ring (bicyclic) bond motifs is 3. The number of hydrogen-bond acceptors (Lipinski definition) is 0. The summed E-state index contributed by atoms with van der Waals surface area (Å²) < 4.78 is 0. The Hall–Kier alpha value is -1.82. The van der Waals surface area contributed by atoms with Crippen LogP contribution in [0.2, 0.25) is 0 Å². The molecule has 2 aromatic rings. The molecule has 1 aliphatic rings. The molecule has 0 spiro atoms. The van der Waals surface area contributed by atoms with Gasteiger partial charge in [0.1, 0.15) is 0 Å². The van der Waals surface area contributed by atoms with E-state index in [2.05, 4.69) is 62.4 Å². The predicted octanol–water partition coefficient (Wildman–Crippen LogP) is 7.04. The molecule has 1 aliphatic carbocycles. The van der Waals surface area contributed by atoms with Gasteiger partial charge >= 0.3 is 0 Å². The zero-order valence-electron chi connectivity index (χ0n) is 14.6. The first kappa shape index (κ1) is 16.1.